The van der Waals surface area contributed by atoms with E-state index in [9.17, 15) is 14.4 Å². The van der Waals surface area contributed by atoms with Crippen LogP contribution < -0.4 is 10.4 Å². The van der Waals surface area contributed by atoms with Crippen molar-refractivity contribution in [3.8, 4) is 0 Å². The van der Waals surface area contributed by atoms with Crippen molar-refractivity contribution in [2.75, 3.05) is 18.1 Å². The van der Waals surface area contributed by atoms with Gasteiger partial charge in [0.25, 0.3) is 17.7 Å². The summed E-state index contributed by atoms with van der Waals surface area (Å²) in [5.74, 6) is -1.40. The average molecular weight is 496 g/mol. The van der Waals surface area contributed by atoms with Gasteiger partial charge in [0.2, 0.25) is 0 Å². The molecule has 0 saturated heterocycles. The first kappa shape index (κ1) is 26.3. The summed E-state index contributed by atoms with van der Waals surface area (Å²) in [7, 11) is 0. The number of rotatable bonds is 7. The molecule has 2 heterocycles. The van der Waals surface area contributed by atoms with Crippen molar-refractivity contribution in [3.05, 3.63) is 51.7 Å². The Balaban J connectivity index is 1.69. The van der Waals surface area contributed by atoms with Crippen LogP contribution in [0.3, 0.4) is 0 Å². The lowest BCUT2D eigenvalue weighted by molar-refractivity contribution is -0.118. The van der Waals surface area contributed by atoms with Crippen LogP contribution in [0.2, 0.25) is 0 Å². The standard InChI is InChI=1S/C26H33N5O3S/c1-8-30(9-2)24(33)21-15-14-20(35-21)23(32)28-27-16(3)22-17(4)29-31(25(22)34)19-12-10-18(11-13-19)26(5,6)7/h10-15,22H,8-9H2,1-7H3,(H,28,32)/b27-16+. The van der Waals surface area contributed by atoms with Gasteiger partial charge in [-0.3, -0.25) is 14.4 Å². The molecule has 2 aromatic rings. The highest BCUT2D eigenvalue weighted by Crippen LogP contribution is 2.28. The first-order valence-corrected chi connectivity index (χ1v) is 12.5. The maximum Gasteiger partial charge on any atom is 0.281 e. The van der Waals surface area contributed by atoms with Gasteiger partial charge < -0.3 is 4.90 Å². The van der Waals surface area contributed by atoms with Gasteiger partial charge in [-0.05, 0) is 62.9 Å². The minimum absolute atomic E-state index is 0.0126. The van der Waals surface area contributed by atoms with E-state index in [4.69, 9.17) is 0 Å². The number of hydrogen-bond donors (Lipinski definition) is 1. The van der Waals surface area contributed by atoms with Crippen LogP contribution in [-0.4, -0.2) is 47.1 Å². The number of nitrogens with one attached hydrogen (secondary N) is 1. The minimum atomic E-state index is -0.652. The molecule has 1 aromatic carbocycles. The van der Waals surface area contributed by atoms with Crippen molar-refractivity contribution in [1.82, 2.24) is 10.3 Å². The number of thiophene rings is 1. The molecule has 0 spiro atoms. The lowest BCUT2D eigenvalue weighted by atomic mass is 9.87. The Kier molecular flexibility index (Phi) is 7.90. The second-order valence-corrected chi connectivity index (χ2v) is 10.5. The Morgan fingerprint density at radius 1 is 1.09 bits per heavy atom. The Bertz CT molecular complexity index is 1170. The molecule has 9 heteroatoms. The van der Waals surface area contributed by atoms with Gasteiger partial charge in [-0.2, -0.15) is 15.2 Å². The number of amides is 3. The van der Waals surface area contributed by atoms with Crippen molar-refractivity contribution < 1.29 is 14.4 Å². The molecule has 35 heavy (non-hydrogen) atoms. The highest BCUT2D eigenvalue weighted by Gasteiger charge is 2.36. The molecule has 3 amide bonds. The van der Waals surface area contributed by atoms with Crippen LogP contribution in [0.15, 0.2) is 46.6 Å². The summed E-state index contributed by atoms with van der Waals surface area (Å²) in [5.41, 5.74) is 5.42. The number of benzene rings is 1. The van der Waals surface area contributed by atoms with E-state index in [2.05, 4.69) is 36.4 Å². The molecule has 0 radical (unpaired) electrons. The van der Waals surface area contributed by atoms with Crippen molar-refractivity contribution in [2.45, 2.75) is 53.9 Å². The van der Waals surface area contributed by atoms with Gasteiger partial charge >= 0.3 is 0 Å². The summed E-state index contributed by atoms with van der Waals surface area (Å²) in [6.45, 7) is 14.9. The fourth-order valence-corrected chi connectivity index (χ4v) is 4.70. The van der Waals surface area contributed by atoms with Crippen LogP contribution in [0.5, 0.6) is 0 Å². The molecule has 1 unspecified atom stereocenters. The third-order valence-electron chi connectivity index (χ3n) is 5.95. The Morgan fingerprint density at radius 2 is 1.69 bits per heavy atom. The molecule has 1 N–H and O–H groups in total. The van der Waals surface area contributed by atoms with E-state index in [1.165, 1.54) is 10.6 Å². The van der Waals surface area contributed by atoms with Crippen molar-refractivity contribution in [3.63, 3.8) is 0 Å². The molecule has 0 bridgehead atoms. The van der Waals surface area contributed by atoms with E-state index in [0.717, 1.165) is 11.3 Å². The second kappa shape index (κ2) is 10.5. The van der Waals surface area contributed by atoms with E-state index in [1.54, 1.807) is 30.9 Å². The monoisotopic (exact) mass is 495 g/mol. The van der Waals surface area contributed by atoms with Gasteiger partial charge in [-0.15, -0.1) is 11.3 Å². The smallest absolute Gasteiger partial charge is 0.281 e. The summed E-state index contributed by atoms with van der Waals surface area (Å²) in [6.07, 6.45) is 0. The number of hydrazone groups is 2. The van der Waals surface area contributed by atoms with Crippen LogP contribution in [0.4, 0.5) is 5.69 Å². The van der Waals surface area contributed by atoms with Crippen LogP contribution in [-0.2, 0) is 10.2 Å². The molecule has 1 aromatic heterocycles. The van der Waals surface area contributed by atoms with Crippen molar-refractivity contribution in [1.29, 1.82) is 0 Å². The predicted octanol–water partition coefficient (Wildman–Crippen LogP) is 4.67. The molecular weight excluding hydrogens is 462 g/mol. The van der Waals surface area contributed by atoms with Gasteiger partial charge in [0.1, 0.15) is 5.92 Å². The molecule has 1 aliphatic heterocycles. The number of nitrogens with zero attached hydrogens (tertiary/aromatic N) is 4. The SMILES string of the molecule is CCN(CC)C(=O)c1ccc(C(=O)N/N=C(\C)C2C(=O)N(c3ccc(C(C)(C)C)cc3)N=C2C)s1. The normalized spacial score (nSPS) is 16.4. The molecule has 0 saturated carbocycles. The van der Waals surface area contributed by atoms with Crippen molar-refractivity contribution in [2.24, 2.45) is 16.1 Å². The fraction of sp³-hybridized carbons (Fsp3) is 0.423. The number of hydrogen-bond acceptors (Lipinski definition) is 6. The Hall–Kier alpha value is -3.33. The van der Waals surface area contributed by atoms with E-state index in [1.807, 2.05) is 38.1 Å². The van der Waals surface area contributed by atoms with Gasteiger partial charge in [0, 0.05) is 13.1 Å². The molecule has 0 fully saturated rings. The van der Waals surface area contributed by atoms with E-state index in [0.29, 0.717) is 40.0 Å². The molecule has 1 aliphatic rings. The zero-order valence-electron chi connectivity index (χ0n) is 21.4. The lowest BCUT2D eigenvalue weighted by Crippen LogP contribution is -2.33. The van der Waals surface area contributed by atoms with Gasteiger partial charge in [-0.1, -0.05) is 32.9 Å². The lowest BCUT2D eigenvalue weighted by Gasteiger charge is -2.20. The van der Waals surface area contributed by atoms with Crippen LogP contribution in [0.1, 0.15) is 73.4 Å². The quantitative estimate of drug-likeness (QED) is 0.447. The Labute approximate surface area is 210 Å². The van der Waals surface area contributed by atoms with Gasteiger partial charge in [0.15, 0.2) is 0 Å². The van der Waals surface area contributed by atoms with Crippen LogP contribution in [0, 0.1) is 5.92 Å². The first-order valence-electron chi connectivity index (χ1n) is 11.7. The van der Waals surface area contributed by atoms with E-state index < -0.39 is 11.8 Å². The van der Waals surface area contributed by atoms with Crippen LogP contribution in [0.25, 0.3) is 0 Å². The maximum absolute atomic E-state index is 13.1. The first-order chi connectivity index (χ1) is 16.5. The predicted molar refractivity (Wildman–Crippen MR) is 141 cm³/mol. The number of carbonyl (C=O) groups excluding carboxylic acids is 3. The largest absolute Gasteiger partial charge is 0.339 e. The highest BCUT2D eigenvalue weighted by molar-refractivity contribution is 7.15. The summed E-state index contributed by atoms with van der Waals surface area (Å²) < 4.78 is 0. The third-order valence-corrected chi connectivity index (χ3v) is 7.02. The molecule has 8 nitrogen and oxygen atoms in total. The number of carbonyl (C=O) groups is 3. The number of anilines is 1. The fourth-order valence-electron chi connectivity index (χ4n) is 3.83. The molecule has 1 atom stereocenters. The Morgan fingerprint density at radius 3 is 2.26 bits per heavy atom. The minimum Gasteiger partial charge on any atom is -0.339 e. The van der Waals surface area contributed by atoms with Crippen molar-refractivity contribution >= 4 is 46.2 Å². The molecule has 0 aliphatic carbocycles. The van der Waals surface area contributed by atoms with Crippen LogP contribution >= 0.6 is 11.3 Å². The summed E-state index contributed by atoms with van der Waals surface area (Å²) >= 11 is 1.12. The van der Waals surface area contributed by atoms with Gasteiger partial charge in [0.05, 0.1) is 26.9 Å². The van der Waals surface area contributed by atoms with E-state index in [-0.39, 0.29) is 17.2 Å². The molecule has 3 rings (SSSR count). The van der Waals surface area contributed by atoms with Gasteiger partial charge in [-0.25, -0.2) is 5.43 Å². The second-order valence-electron chi connectivity index (χ2n) is 9.46. The highest BCUT2D eigenvalue weighted by atomic mass is 32.1. The topological polar surface area (TPSA) is 94.4 Å². The zero-order chi connectivity index (χ0) is 25.9. The zero-order valence-corrected chi connectivity index (χ0v) is 22.2. The average Bonchev–Trinajstić information content (AvgIpc) is 3.42. The van der Waals surface area contributed by atoms with E-state index >= 15 is 0 Å². The molecular formula is C26H33N5O3S. The third kappa shape index (κ3) is 5.67. The summed E-state index contributed by atoms with van der Waals surface area (Å²) in [6, 6.07) is 11.0. The summed E-state index contributed by atoms with van der Waals surface area (Å²) in [4.78, 5) is 40.8. The molecule has 186 valence electrons. The maximum atomic E-state index is 13.1. The summed E-state index contributed by atoms with van der Waals surface area (Å²) in [5, 5.41) is 10.0.